The molecule has 1 amide bonds. The molecule has 2 atom stereocenters. The Morgan fingerprint density at radius 2 is 1.93 bits per heavy atom. The molecule has 2 unspecified atom stereocenters. The molecule has 0 aromatic rings. The minimum Gasteiger partial charge on any atom is -0.481 e. The summed E-state index contributed by atoms with van der Waals surface area (Å²) >= 11 is 0. The van der Waals surface area contributed by atoms with Crippen LogP contribution in [0.3, 0.4) is 0 Å². The lowest BCUT2D eigenvalue weighted by atomic mass is 9.73. The molecule has 86 valence electrons. The van der Waals surface area contributed by atoms with Crippen molar-refractivity contribution in [1.82, 2.24) is 4.90 Å². The first-order valence-corrected chi connectivity index (χ1v) is 4.69. The van der Waals surface area contributed by atoms with Gasteiger partial charge in [0, 0.05) is 7.05 Å². The highest BCUT2D eigenvalue weighted by molar-refractivity contribution is 5.86. The van der Waals surface area contributed by atoms with Crippen LogP contribution in [0.5, 0.6) is 0 Å². The third kappa shape index (κ3) is 2.64. The first-order valence-electron chi connectivity index (χ1n) is 4.69. The van der Waals surface area contributed by atoms with E-state index in [0.717, 1.165) is 4.90 Å². The number of carboxylic acids is 1. The van der Waals surface area contributed by atoms with Crippen molar-refractivity contribution in [2.75, 3.05) is 13.6 Å². The molecule has 1 rings (SSSR count). The molecule has 0 heterocycles. The van der Waals surface area contributed by atoms with Crippen molar-refractivity contribution in [1.29, 1.82) is 0 Å². The van der Waals surface area contributed by atoms with Gasteiger partial charge in [-0.15, -0.1) is 0 Å². The van der Waals surface area contributed by atoms with Crippen molar-refractivity contribution < 1.29 is 23.5 Å². The molecule has 0 aromatic heterocycles. The summed E-state index contributed by atoms with van der Waals surface area (Å²) in [6, 6.07) is 0. The monoisotopic (exact) mass is 221 g/mol. The Labute approximate surface area is 85.9 Å². The van der Waals surface area contributed by atoms with Crippen LogP contribution in [-0.4, -0.2) is 41.9 Å². The zero-order valence-corrected chi connectivity index (χ0v) is 8.32. The zero-order valence-electron chi connectivity index (χ0n) is 8.32. The van der Waals surface area contributed by atoms with Gasteiger partial charge in [0.25, 0.3) is 6.43 Å². The molecule has 1 fully saturated rings. The Hall–Kier alpha value is -1.20. The number of halogens is 2. The number of rotatable bonds is 4. The summed E-state index contributed by atoms with van der Waals surface area (Å²) in [5, 5.41) is 8.70. The fourth-order valence-corrected chi connectivity index (χ4v) is 1.67. The summed E-state index contributed by atoms with van der Waals surface area (Å²) in [4.78, 5) is 23.0. The number of nitrogens with zero attached hydrogens (tertiary/aromatic N) is 1. The van der Waals surface area contributed by atoms with Crippen molar-refractivity contribution in [2.24, 2.45) is 11.8 Å². The highest BCUT2D eigenvalue weighted by Gasteiger charge is 2.42. The Morgan fingerprint density at radius 1 is 1.40 bits per heavy atom. The third-order valence-corrected chi connectivity index (χ3v) is 2.70. The van der Waals surface area contributed by atoms with Gasteiger partial charge in [-0.2, -0.15) is 0 Å². The van der Waals surface area contributed by atoms with Crippen LogP contribution >= 0.6 is 0 Å². The van der Waals surface area contributed by atoms with E-state index in [4.69, 9.17) is 5.11 Å². The Bertz CT molecular complexity index is 270. The zero-order chi connectivity index (χ0) is 11.6. The summed E-state index contributed by atoms with van der Waals surface area (Å²) in [6.45, 7) is -0.637. The number of carbonyl (C=O) groups is 2. The van der Waals surface area contributed by atoms with Gasteiger partial charge in [0.1, 0.15) is 0 Å². The van der Waals surface area contributed by atoms with Crippen molar-refractivity contribution in [2.45, 2.75) is 19.3 Å². The van der Waals surface area contributed by atoms with E-state index < -0.39 is 36.7 Å². The minimum atomic E-state index is -2.58. The maximum atomic E-state index is 12.0. The van der Waals surface area contributed by atoms with E-state index in [1.54, 1.807) is 0 Å². The summed E-state index contributed by atoms with van der Waals surface area (Å²) in [5.74, 6) is -2.83. The number of carbonyl (C=O) groups excluding carboxylic acids is 1. The summed E-state index contributed by atoms with van der Waals surface area (Å²) in [5.41, 5.74) is 0. The van der Waals surface area contributed by atoms with E-state index in [0.29, 0.717) is 12.8 Å². The third-order valence-electron chi connectivity index (χ3n) is 2.70. The second-order valence-corrected chi connectivity index (χ2v) is 3.74. The lowest BCUT2D eigenvalue weighted by molar-refractivity contribution is -0.156. The fourth-order valence-electron chi connectivity index (χ4n) is 1.67. The number of hydrogen-bond acceptors (Lipinski definition) is 2. The first kappa shape index (κ1) is 11.9. The highest BCUT2D eigenvalue weighted by Crippen LogP contribution is 2.35. The smallest absolute Gasteiger partial charge is 0.307 e. The molecule has 1 saturated carbocycles. The molecule has 0 saturated heterocycles. The molecule has 15 heavy (non-hydrogen) atoms. The maximum Gasteiger partial charge on any atom is 0.307 e. The maximum absolute atomic E-state index is 12.0. The highest BCUT2D eigenvalue weighted by atomic mass is 19.3. The number of aliphatic carboxylic acids is 1. The molecule has 0 radical (unpaired) electrons. The number of carboxylic acid groups (broad SMARTS) is 1. The molecule has 0 bridgehead atoms. The Kier molecular flexibility index (Phi) is 3.60. The molecule has 1 N–H and O–H groups in total. The van der Waals surface area contributed by atoms with Crippen LogP contribution < -0.4 is 0 Å². The van der Waals surface area contributed by atoms with Crippen LogP contribution in [0.25, 0.3) is 0 Å². The van der Waals surface area contributed by atoms with Crippen LogP contribution in [-0.2, 0) is 9.59 Å². The molecule has 6 heteroatoms. The van der Waals surface area contributed by atoms with Crippen molar-refractivity contribution >= 4 is 11.9 Å². The largest absolute Gasteiger partial charge is 0.481 e. The molecule has 0 aromatic carbocycles. The summed E-state index contributed by atoms with van der Waals surface area (Å²) in [6.07, 6.45) is -1.65. The lowest BCUT2D eigenvalue weighted by Crippen LogP contribution is -2.45. The van der Waals surface area contributed by atoms with Crippen molar-refractivity contribution in [3.05, 3.63) is 0 Å². The number of hydrogen-bond donors (Lipinski definition) is 1. The van der Waals surface area contributed by atoms with Crippen LogP contribution in [0.4, 0.5) is 8.78 Å². The van der Waals surface area contributed by atoms with Gasteiger partial charge in [0.05, 0.1) is 18.4 Å². The van der Waals surface area contributed by atoms with Gasteiger partial charge in [-0.1, -0.05) is 0 Å². The molecule has 1 aliphatic carbocycles. The number of amides is 1. The summed E-state index contributed by atoms with van der Waals surface area (Å²) in [7, 11) is 1.27. The van der Waals surface area contributed by atoms with Gasteiger partial charge in [-0.3, -0.25) is 9.59 Å². The average molecular weight is 221 g/mol. The van der Waals surface area contributed by atoms with E-state index in [-0.39, 0.29) is 0 Å². The Morgan fingerprint density at radius 3 is 2.27 bits per heavy atom. The van der Waals surface area contributed by atoms with Crippen LogP contribution in [0.2, 0.25) is 0 Å². The molecular formula is C9H13F2NO3. The van der Waals surface area contributed by atoms with E-state index >= 15 is 0 Å². The van der Waals surface area contributed by atoms with Crippen LogP contribution in [0.1, 0.15) is 12.8 Å². The van der Waals surface area contributed by atoms with Crippen LogP contribution in [0.15, 0.2) is 0 Å². The van der Waals surface area contributed by atoms with Gasteiger partial charge in [-0.25, -0.2) is 8.78 Å². The van der Waals surface area contributed by atoms with E-state index in [9.17, 15) is 18.4 Å². The predicted molar refractivity (Wildman–Crippen MR) is 47.5 cm³/mol. The topological polar surface area (TPSA) is 57.6 Å². The quantitative estimate of drug-likeness (QED) is 0.764. The molecule has 4 nitrogen and oxygen atoms in total. The van der Waals surface area contributed by atoms with Gasteiger partial charge in [0.15, 0.2) is 0 Å². The van der Waals surface area contributed by atoms with E-state index in [1.807, 2.05) is 0 Å². The standard InChI is InChI=1S/C9H13F2NO3/c1-12(4-7(10)11)8(13)5-2-3-6(5)9(14)15/h5-7H,2-4H2,1H3,(H,14,15). The van der Waals surface area contributed by atoms with Crippen LogP contribution in [0, 0.1) is 11.8 Å². The van der Waals surface area contributed by atoms with E-state index in [2.05, 4.69) is 0 Å². The van der Waals surface area contributed by atoms with Gasteiger partial charge >= 0.3 is 5.97 Å². The molecule has 1 aliphatic rings. The van der Waals surface area contributed by atoms with E-state index in [1.165, 1.54) is 7.05 Å². The minimum absolute atomic E-state index is 0.453. The molecule has 0 aliphatic heterocycles. The van der Waals surface area contributed by atoms with Crippen molar-refractivity contribution in [3.8, 4) is 0 Å². The second-order valence-electron chi connectivity index (χ2n) is 3.74. The number of alkyl halides is 2. The predicted octanol–water partition coefficient (Wildman–Crippen LogP) is 0.821. The SMILES string of the molecule is CN(CC(F)F)C(=O)C1CCC1C(=O)O. The molecular weight excluding hydrogens is 208 g/mol. The van der Waals surface area contributed by atoms with Gasteiger partial charge < -0.3 is 10.0 Å². The van der Waals surface area contributed by atoms with Gasteiger partial charge in [0.2, 0.25) is 5.91 Å². The lowest BCUT2D eigenvalue weighted by Gasteiger charge is -2.34. The second kappa shape index (κ2) is 4.55. The Balaban J connectivity index is 2.50. The first-order chi connectivity index (χ1) is 6.93. The van der Waals surface area contributed by atoms with Crippen molar-refractivity contribution in [3.63, 3.8) is 0 Å². The normalized spacial score (nSPS) is 24.8. The fraction of sp³-hybridized carbons (Fsp3) is 0.778. The summed E-state index contributed by atoms with van der Waals surface area (Å²) < 4.78 is 24.0. The molecule has 0 spiro atoms. The average Bonchev–Trinajstić information content (AvgIpc) is 1.99. The van der Waals surface area contributed by atoms with Gasteiger partial charge in [-0.05, 0) is 12.8 Å².